The highest BCUT2D eigenvalue weighted by molar-refractivity contribution is 7.51. The number of rotatable bonds is 9. The van der Waals surface area contributed by atoms with Crippen LogP contribution in [0.5, 0.6) is 0 Å². The summed E-state index contributed by atoms with van der Waals surface area (Å²) in [5.41, 5.74) is 5.38. The zero-order valence-corrected chi connectivity index (χ0v) is 12.5. The molecule has 0 amide bonds. The lowest BCUT2D eigenvalue weighted by Gasteiger charge is -2.30. The van der Waals surface area contributed by atoms with Crippen LogP contribution < -0.4 is 5.50 Å². The van der Waals surface area contributed by atoms with Crippen molar-refractivity contribution in [2.24, 2.45) is 5.50 Å². The summed E-state index contributed by atoms with van der Waals surface area (Å²) in [6.45, 7) is 9.27. The zero-order chi connectivity index (χ0) is 14.2. The third-order valence-electron chi connectivity index (χ3n) is 2.43. The molecule has 0 fully saturated rings. The van der Waals surface area contributed by atoms with E-state index in [9.17, 15) is 4.57 Å². The van der Waals surface area contributed by atoms with Gasteiger partial charge in [-0.2, -0.15) is 5.26 Å². The van der Waals surface area contributed by atoms with E-state index in [0.29, 0.717) is 18.6 Å². The Morgan fingerprint density at radius 3 is 2.17 bits per heavy atom. The second kappa shape index (κ2) is 8.63. The van der Waals surface area contributed by atoms with E-state index in [2.05, 4.69) is 32.6 Å². The van der Waals surface area contributed by atoms with Crippen LogP contribution in [0.4, 0.5) is 0 Å². The molecule has 6 nitrogen and oxygen atoms in total. The van der Waals surface area contributed by atoms with E-state index < -0.39 is 7.75 Å². The van der Waals surface area contributed by atoms with Gasteiger partial charge in [-0.1, -0.05) is 0 Å². The molecule has 106 valence electrons. The SMILES string of the molecule is CC(C)N(CCOP(N)(=O)OCCC#N)C(C)C. The maximum Gasteiger partial charge on any atom is 0.402 e. The van der Waals surface area contributed by atoms with Gasteiger partial charge in [-0.3, -0.25) is 13.9 Å². The van der Waals surface area contributed by atoms with Crippen LogP contribution in [0.3, 0.4) is 0 Å². The number of hydrogen-bond acceptors (Lipinski definition) is 5. The molecule has 7 heteroatoms. The normalized spacial score (nSPS) is 15.1. The number of nitriles is 1. The molecule has 0 saturated heterocycles. The maximum atomic E-state index is 11.6. The zero-order valence-electron chi connectivity index (χ0n) is 11.6. The fourth-order valence-electron chi connectivity index (χ4n) is 1.64. The highest BCUT2D eigenvalue weighted by atomic mass is 31.2. The van der Waals surface area contributed by atoms with Crippen LogP contribution in [0.25, 0.3) is 0 Å². The van der Waals surface area contributed by atoms with Crippen molar-refractivity contribution >= 4 is 7.75 Å². The molecule has 0 bridgehead atoms. The molecular weight excluding hydrogens is 253 g/mol. The molecule has 0 aromatic rings. The quantitative estimate of drug-likeness (QED) is 0.513. The molecule has 0 spiro atoms. The topological polar surface area (TPSA) is 88.6 Å². The highest BCUT2D eigenvalue weighted by Crippen LogP contribution is 2.38. The van der Waals surface area contributed by atoms with Crippen LogP contribution in [0.15, 0.2) is 0 Å². The van der Waals surface area contributed by atoms with Gasteiger partial charge in [0.15, 0.2) is 0 Å². The van der Waals surface area contributed by atoms with Crippen molar-refractivity contribution in [1.29, 1.82) is 5.26 Å². The lowest BCUT2D eigenvalue weighted by atomic mass is 10.2. The number of nitrogens with two attached hydrogens (primary N) is 1. The molecule has 1 atom stereocenters. The van der Waals surface area contributed by atoms with Gasteiger partial charge in [0.1, 0.15) is 0 Å². The lowest BCUT2D eigenvalue weighted by molar-refractivity contribution is 0.128. The molecule has 0 rings (SSSR count). The number of nitrogens with zero attached hydrogens (tertiary/aromatic N) is 2. The first kappa shape index (κ1) is 17.6. The largest absolute Gasteiger partial charge is 0.402 e. The Morgan fingerprint density at radius 2 is 1.72 bits per heavy atom. The van der Waals surface area contributed by atoms with Crippen LogP contribution in [0.2, 0.25) is 0 Å². The van der Waals surface area contributed by atoms with Gasteiger partial charge in [0.2, 0.25) is 0 Å². The molecule has 0 aromatic carbocycles. The van der Waals surface area contributed by atoms with Crippen molar-refractivity contribution in [3.63, 3.8) is 0 Å². The van der Waals surface area contributed by atoms with Crippen molar-refractivity contribution < 1.29 is 13.6 Å². The average molecular weight is 277 g/mol. The summed E-state index contributed by atoms with van der Waals surface area (Å²) in [6, 6.07) is 2.64. The summed E-state index contributed by atoms with van der Waals surface area (Å²) < 4.78 is 21.5. The van der Waals surface area contributed by atoms with Crippen LogP contribution in [-0.2, 0) is 13.6 Å². The smallest absolute Gasteiger partial charge is 0.296 e. The minimum atomic E-state index is -3.52. The summed E-state index contributed by atoms with van der Waals surface area (Å²) in [5, 5.41) is 8.33. The maximum absolute atomic E-state index is 11.6. The molecular formula is C11H24N3O3P. The van der Waals surface area contributed by atoms with Gasteiger partial charge in [-0.15, -0.1) is 0 Å². The van der Waals surface area contributed by atoms with Gasteiger partial charge in [-0.05, 0) is 27.7 Å². The van der Waals surface area contributed by atoms with E-state index in [4.69, 9.17) is 19.8 Å². The van der Waals surface area contributed by atoms with Crippen LogP contribution >= 0.6 is 7.75 Å². The van der Waals surface area contributed by atoms with Crippen molar-refractivity contribution in [2.75, 3.05) is 19.8 Å². The van der Waals surface area contributed by atoms with Crippen molar-refractivity contribution in [3.05, 3.63) is 0 Å². The Labute approximate surface area is 110 Å². The van der Waals surface area contributed by atoms with E-state index >= 15 is 0 Å². The minimum absolute atomic E-state index is 0.0301. The van der Waals surface area contributed by atoms with Crippen molar-refractivity contribution in [3.8, 4) is 6.07 Å². The summed E-state index contributed by atoms with van der Waals surface area (Å²) in [7, 11) is -3.52. The van der Waals surface area contributed by atoms with Crippen molar-refractivity contribution in [2.45, 2.75) is 46.2 Å². The van der Waals surface area contributed by atoms with E-state index in [0.717, 1.165) is 0 Å². The van der Waals surface area contributed by atoms with Gasteiger partial charge >= 0.3 is 7.75 Å². The molecule has 2 N–H and O–H groups in total. The third-order valence-corrected chi connectivity index (χ3v) is 3.52. The Hall–Kier alpha value is -0.440. The highest BCUT2D eigenvalue weighted by Gasteiger charge is 2.19. The molecule has 0 radical (unpaired) electrons. The standard InChI is InChI=1S/C11H24N3O3P/c1-10(2)14(11(3)4)7-9-17-18(13,15)16-8-5-6-12/h10-11H,5,7-9H2,1-4H3,(H2,13,15). The van der Waals surface area contributed by atoms with Crippen LogP contribution in [-0.4, -0.2) is 36.7 Å². The van der Waals surface area contributed by atoms with Gasteiger partial charge in [0.25, 0.3) is 0 Å². The molecule has 18 heavy (non-hydrogen) atoms. The van der Waals surface area contributed by atoms with Gasteiger partial charge in [-0.25, -0.2) is 10.1 Å². The monoisotopic (exact) mass is 277 g/mol. The predicted molar refractivity (Wildman–Crippen MR) is 70.9 cm³/mol. The fraction of sp³-hybridized carbons (Fsp3) is 0.909. The van der Waals surface area contributed by atoms with E-state index in [-0.39, 0.29) is 19.6 Å². The first-order valence-electron chi connectivity index (χ1n) is 6.10. The minimum Gasteiger partial charge on any atom is -0.296 e. The third kappa shape index (κ3) is 7.80. The molecule has 0 aliphatic heterocycles. The van der Waals surface area contributed by atoms with E-state index in [1.54, 1.807) is 0 Å². The molecule has 1 unspecified atom stereocenters. The Bertz CT molecular complexity index is 307. The van der Waals surface area contributed by atoms with Gasteiger partial charge in [0, 0.05) is 18.6 Å². The first-order chi connectivity index (χ1) is 8.30. The van der Waals surface area contributed by atoms with E-state index in [1.165, 1.54) is 0 Å². The molecule has 0 saturated carbocycles. The summed E-state index contributed by atoms with van der Waals surface area (Å²) >= 11 is 0. The van der Waals surface area contributed by atoms with E-state index in [1.807, 2.05) is 6.07 Å². The summed E-state index contributed by atoms with van der Waals surface area (Å²) in [4.78, 5) is 2.20. The molecule has 0 aliphatic carbocycles. The van der Waals surface area contributed by atoms with Gasteiger partial charge in [0.05, 0.1) is 25.7 Å². The average Bonchev–Trinajstić information content (AvgIpc) is 2.23. The van der Waals surface area contributed by atoms with Crippen LogP contribution in [0, 0.1) is 11.3 Å². The number of hydrogen-bond donors (Lipinski definition) is 1. The Morgan fingerprint density at radius 1 is 1.22 bits per heavy atom. The molecule has 0 aromatic heterocycles. The van der Waals surface area contributed by atoms with Gasteiger partial charge < -0.3 is 0 Å². The molecule has 0 heterocycles. The Balaban J connectivity index is 4.01. The van der Waals surface area contributed by atoms with Crippen LogP contribution in [0.1, 0.15) is 34.1 Å². The fourth-order valence-corrected chi connectivity index (χ4v) is 2.40. The van der Waals surface area contributed by atoms with Crippen molar-refractivity contribution in [1.82, 2.24) is 4.90 Å². The summed E-state index contributed by atoms with van der Waals surface area (Å²) in [5.74, 6) is 0. The second-order valence-corrected chi connectivity index (χ2v) is 6.14. The molecule has 0 aliphatic rings. The first-order valence-corrected chi connectivity index (χ1v) is 7.71. The second-order valence-electron chi connectivity index (χ2n) is 4.54. The Kier molecular flexibility index (Phi) is 8.41. The summed E-state index contributed by atoms with van der Waals surface area (Å²) in [6.07, 6.45) is 0.147. The lowest BCUT2D eigenvalue weighted by Crippen LogP contribution is -2.39. The predicted octanol–water partition coefficient (Wildman–Crippen LogP) is 2.12.